The molecule has 0 fully saturated rings. The van der Waals surface area contributed by atoms with Gasteiger partial charge in [0.05, 0.1) is 17.0 Å². The number of thioether (sulfide) groups is 1. The molecule has 1 aliphatic rings. The quantitative estimate of drug-likeness (QED) is 0.488. The molecule has 1 aromatic carbocycles. The Morgan fingerprint density at radius 2 is 2.00 bits per heavy atom. The molecular weight excluding hydrogens is 415 g/mol. The van der Waals surface area contributed by atoms with Gasteiger partial charge in [-0.3, -0.25) is 14.7 Å². The van der Waals surface area contributed by atoms with Gasteiger partial charge in [0.15, 0.2) is 5.16 Å². The highest BCUT2D eigenvalue weighted by atomic mass is 35.5. The van der Waals surface area contributed by atoms with Gasteiger partial charge in [-0.1, -0.05) is 41.0 Å². The Morgan fingerprint density at radius 3 is 2.68 bits per heavy atom. The number of halogens is 2. The van der Waals surface area contributed by atoms with E-state index < -0.39 is 0 Å². The second-order valence-electron chi connectivity index (χ2n) is 6.67. The molecule has 0 amide bonds. The van der Waals surface area contributed by atoms with Crippen LogP contribution in [0.15, 0.2) is 46.5 Å². The van der Waals surface area contributed by atoms with E-state index in [1.807, 2.05) is 36.7 Å². The summed E-state index contributed by atoms with van der Waals surface area (Å²) in [6.07, 6.45) is 4.55. The molecule has 8 heteroatoms. The predicted octanol–water partition coefficient (Wildman–Crippen LogP) is 4.42. The first-order chi connectivity index (χ1) is 13.5. The molecule has 0 aliphatic carbocycles. The van der Waals surface area contributed by atoms with Crippen LogP contribution in [-0.4, -0.2) is 32.7 Å². The molecule has 144 valence electrons. The lowest BCUT2D eigenvalue weighted by atomic mass is 10.1. The van der Waals surface area contributed by atoms with E-state index in [0.717, 1.165) is 47.6 Å². The highest BCUT2D eigenvalue weighted by molar-refractivity contribution is 7.98. The van der Waals surface area contributed by atoms with Crippen molar-refractivity contribution in [1.29, 1.82) is 0 Å². The van der Waals surface area contributed by atoms with E-state index in [9.17, 15) is 4.79 Å². The van der Waals surface area contributed by atoms with Crippen LogP contribution in [0.3, 0.4) is 0 Å². The Labute approximate surface area is 177 Å². The lowest BCUT2D eigenvalue weighted by Crippen LogP contribution is -2.35. The molecular formula is C20H18Cl2N4OS. The number of benzene rings is 1. The van der Waals surface area contributed by atoms with Crippen molar-refractivity contribution in [2.45, 2.75) is 24.7 Å². The van der Waals surface area contributed by atoms with Crippen LogP contribution < -0.4 is 5.56 Å². The van der Waals surface area contributed by atoms with Gasteiger partial charge in [-0.15, -0.1) is 0 Å². The predicted molar refractivity (Wildman–Crippen MR) is 114 cm³/mol. The van der Waals surface area contributed by atoms with Crippen molar-refractivity contribution >= 4 is 35.0 Å². The normalized spacial score (nSPS) is 14.1. The highest BCUT2D eigenvalue weighted by Crippen LogP contribution is 2.26. The maximum atomic E-state index is 12.3. The van der Waals surface area contributed by atoms with E-state index in [0.29, 0.717) is 21.7 Å². The number of rotatable bonds is 4. The Kier molecular flexibility index (Phi) is 5.73. The summed E-state index contributed by atoms with van der Waals surface area (Å²) in [6, 6.07) is 9.41. The van der Waals surface area contributed by atoms with Crippen molar-refractivity contribution < 1.29 is 0 Å². The lowest BCUT2D eigenvalue weighted by molar-refractivity contribution is 0.240. The van der Waals surface area contributed by atoms with Crippen molar-refractivity contribution in [3.05, 3.63) is 73.7 Å². The van der Waals surface area contributed by atoms with E-state index in [1.54, 1.807) is 6.07 Å². The van der Waals surface area contributed by atoms with Gasteiger partial charge in [0, 0.05) is 47.9 Å². The van der Waals surface area contributed by atoms with Gasteiger partial charge in [-0.05, 0) is 36.1 Å². The molecule has 4 rings (SSSR count). The number of aromatic nitrogens is 3. The molecule has 3 aromatic rings. The second-order valence-corrected chi connectivity index (χ2v) is 8.34. The van der Waals surface area contributed by atoms with E-state index >= 15 is 0 Å². The summed E-state index contributed by atoms with van der Waals surface area (Å²) < 4.78 is 0. The average molecular weight is 433 g/mol. The minimum atomic E-state index is -0.0367. The summed E-state index contributed by atoms with van der Waals surface area (Å²) in [7, 11) is 0. The van der Waals surface area contributed by atoms with Crippen molar-refractivity contribution in [2.24, 2.45) is 0 Å². The maximum absolute atomic E-state index is 12.3. The Bertz CT molecular complexity index is 1050. The number of aromatic amines is 1. The minimum Gasteiger partial charge on any atom is -0.301 e. The highest BCUT2D eigenvalue weighted by Gasteiger charge is 2.21. The van der Waals surface area contributed by atoms with E-state index in [4.69, 9.17) is 23.2 Å². The molecule has 1 N–H and O–H groups in total. The SMILES string of the molecule is CSc1nc2c(c(=O)[nH]1)CN(Cc1ccc(-c3cc(Cl)cc(Cl)c3)nc1)CC2. The molecule has 0 radical (unpaired) electrons. The molecule has 28 heavy (non-hydrogen) atoms. The Morgan fingerprint density at radius 1 is 1.21 bits per heavy atom. The number of hydrogen-bond donors (Lipinski definition) is 1. The van der Waals surface area contributed by atoms with Gasteiger partial charge in [0.25, 0.3) is 5.56 Å². The monoisotopic (exact) mass is 432 g/mol. The molecule has 0 bridgehead atoms. The van der Waals surface area contributed by atoms with Crippen LogP contribution >= 0.6 is 35.0 Å². The van der Waals surface area contributed by atoms with Gasteiger partial charge in [-0.2, -0.15) is 0 Å². The molecule has 1 aliphatic heterocycles. The Hall–Kier alpha value is -1.86. The fraction of sp³-hybridized carbons (Fsp3) is 0.250. The molecule has 0 saturated carbocycles. The third kappa shape index (κ3) is 4.25. The van der Waals surface area contributed by atoms with Crippen molar-refractivity contribution in [3.63, 3.8) is 0 Å². The van der Waals surface area contributed by atoms with Gasteiger partial charge in [-0.25, -0.2) is 4.98 Å². The zero-order chi connectivity index (χ0) is 19.7. The minimum absolute atomic E-state index is 0.0367. The molecule has 2 aromatic heterocycles. The second kappa shape index (κ2) is 8.25. The number of pyridine rings is 1. The standard InChI is InChI=1S/C20H18Cl2N4OS/c1-28-20-24-18-4-5-26(11-16(18)19(27)25-20)10-12-2-3-17(23-9-12)13-6-14(21)8-15(22)7-13/h2-3,6-9H,4-5,10-11H2,1H3,(H,24,25,27). The topological polar surface area (TPSA) is 61.9 Å². The van der Waals surface area contributed by atoms with Crippen LogP contribution in [0.1, 0.15) is 16.8 Å². The van der Waals surface area contributed by atoms with E-state index in [-0.39, 0.29) is 5.56 Å². The summed E-state index contributed by atoms with van der Waals surface area (Å²) in [4.78, 5) is 26.5. The van der Waals surface area contributed by atoms with Gasteiger partial charge >= 0.3 is 0 Å². The van der Waals surface area contributed by atoms with Crippen molar-refractivity contribution in [1.82, 2.24) is 19.9 Å². The summed E-state index contributed by atoms with van der Waals surface area (Å²) in [6.45, 7) is 2.19. The van der Waals surface area contributed by atoms with Crippen LogP contribution in [0.5, 0.6) is 0 Å². The molecule has 5 nitrogen and oxygen atoms in total. The zero-order valence-electron chi connectivity index (χ0n) is 15.2. The smallest absolute Gasteiger partial charge is 0.256 e. The fourth-order valence-electron chi connectivity index (χ4n) is 3.34. The largest absolute Gasteiger partial charge is 0.301 e. The maximum Gasteiger partial charge on any atom is 0.256 e. The molecule has 0 spiro atoms. The number of fused-ring (bicyclic) bond motifs is 1. The van der Waals surface area contributed by atoms with Crippen LogP contribution in [0, 0.1) is 0 Å². The first-order valence-corrected chi connectivity index (χ1v) is 10.8. The molecule has 0 unspecified atom stereocenters. The summed E-state index contributed by atoms with van der Waals surface area (Å²) >= 11 is 13.6. The third-order valence-corrected chi connectivity index (χ3v) is 5.73. The lowest BCUT2D eigenvalue weighted by Gasteiger charge is -2.27. The van der Waals surface area contributed by atoms with Gasteiger partial charge in [0.2, 0.25) is 0 Å². The van der Waals surface area contributed by atoms with E-state index in [2.05, 4.69) is 19.9 Å². The van der Waals surface area contributed by atoms with Crippen molar-refractivity contribution in [3.8, 4) is 11.3 Å². The summed E-state index contributed by atoms with van der Waals surface area (Å²) in [5.74, 6) is 0. The van der Waals surface area contributed by atoms with Gasteiger partial charge in [0.1, 0.15) is 0 Å². The summed E-state index contributed by atoms with van der Waals surface area (Å²) in [5.41, 5.74) is 4.44. The first-order valence-electron chi connectivity index (χ1n) is 8.81. The number of nitrogens with zero attached hydrogens (tertiary/aromatic N) is 3. The van der Waals surface area contributed by atoms with Crippen molar-refractivity contribution in [2.75, 3.05) is 12.8 Å². The zero-order valence-corrected chi connectivity index (χ0v) is 17.5. The van der Waals surface area contributed by atoms with Gasteiger partial charge < -0.3 is 4.98 Å². The van der Waals surface area contributed by atoms with E-state index in [1.165, 1.54) is 11.8 Å². The van der Waals surface area contributed by atoms with Crippen LogP contribution in [-0.2, 0) is 19.5 Å². The van der Waals surface area contributed by atoms with Crippen LogP contribution in [0.2, 0.25) is 10.0 Å². The average Bonchev–Trinajstić information content (AvgIpc) is 2.68. The Balaban J connectivity index is 1.49. The first kappa shape index (κ1) is 19.5. The molecule has 0 atom stereocenters. The molecule has 0 saturated heterocycles. The van der Waals surface area contributed by atoms with Crippen LogP contribution in [0.4, 0.5) is 0 Å². The number of H-pyrrole nitrogens is 1. The fourth-order valence-corrected chi connectivity index (χ4v) is 4.26. The van der Waals surface area contributed by atoms with Crippen LogP contribution in [0.25, 0.3) is 11.3 Å². The number of nitrogens with one attached hydrogen (secondary N) is 1. The number of hydrogen-bond acceptors (Lipinski definition) is 5. The summed E-state index contributed by atoms with van der Waals surface area (Å²) in [5, 5.41) is 1.85. The third-order valence-electron chi connectivity index (χ3n) is 4.71. The molecule has 3 heterocycles.